The molecule has 0 spiro atoms. The van der Waals surface area contributed by atoms with Gasteiger partial charge in [-0.3, -0.25) is 14.5 Å². The van der Waals surface area contributed by atoms with Crippen molar-refractivity contribution in [3.05, 3.63) is 59.7 Å². The highest BCUT2D eigenvalue weighted by Crippen LogP contribution is 2.30. The van der Waals surface area contributed by atoms with Gasteiger partial charge in [-0.15, -0.1) is 0 Å². The fourth-order valence-corrected chi connectivity index (χ4v) is 3.10. The number of methoxy groups -OCH3 is 1. The van der Waals surface area contributed by atoms with Gasteiger partial charge in [0.15, 0.2) is 5.78 Å². The number of Topliss-reactive ketones (excluding diaryl/α,β-unsaturated/α-hetero) is 1. The van der Waals surface area contributed by atoms with Crippen molar-refractivity contribution in [3.8, 4) is 11.5 Å². The van der Waals surface area contributed by atoms with Crippen LogP contribution in [0, 0.1) is 0 Å². The molecule has 7 nitrogen and oxygen atoms in total. The van der Waals surface area contributed by atoms with Crippen LogP contribution >= 0.6 is 0 Å². The van der Waals surface area contributed by atoms with Gasteiger partial charge in [0.1, 0.15) is 17.0 Å². The van der Waals surface area contributed by atoms with Crippen LogP contribution < -0.4 is 14.8 Å². The topological polar surface area (TPSA) is 84.9 Å². The molecule has 0 aromatic heterocycles. The highest BCUT2D eigenvalue weighted by molar-refractivity contribution is 6.11. The Bertz CT molecular complexity index is 892. The van der Waals surface area contributed by atoms with E-state index in [2.05, 4.69) is 5.32 Å². The van der Waals surface area contributed by atoms with E-state index in [4.69, 9.17) is 9.47 Å². The number of imide groups is 1. The SMILES string of the molecule is CCOc1ccc(C(=O)CN2C(=O)N[C@@](C)(c3ccc(OC)cc3)C2=O)cc1. The molecule has 146 valence electrons. The van der Waals surface area contributed by atoms with Crippen molar-refractivity contribution in [2.24, 2.45) is 0 Å². The molecule has 1 N–H and O–H groups in total. The number of carbonyl (C=O) groups excluding carboxylic acids is 3. The first-order valence-corrected chi connectivity index (χ1v) is 8.93. The predicted molar refractivity (Wildman–Crippen MR) is 103 cm³/mol. The van der Waals surface area contributed by atoms with Crippen LogP contribution in [-0.2, 0) is 10.3 Å². The minimum atomic E-state index is -1.23. The Hall–Kier alpha value is -3.35. The normalized spacial score (nSPS) is 18.8. The van der Waals surface area contributed by atoms with Gasteiger partial charge in [0, 0.05) is 5.56 Å². The van der Waals surface area contributed by atoms with E-state index in [0.717, 1.165) is 4.90 Å². The summed E-state index contributed by atoms with van der Waals surface area (Å²) in [6.45, 7) is 3.69. The molecule has 1 aliphatic rings. The molecule has 3 amide bonds. The molecular formula is C21H22N2O5. The summed E-state index contributed by atoms with van der Waals surface area (Å²) in [7, 11) is 1.55. The molecule has 1 saturated heterocycles. The molecule has 28 heavy (non-hydrogen) atoms. The van der Waals surface area contributed by atoms with Crippen LogP contribution in [0.4, 0.5) is 4.79 Å². The molecular weight excluding hydrogens is 360 g/mol. The minimum Gasteiger partial charge on any atom is -0.497 e. The zero-order valence-electron chi connectivity index (χ0n) is 16.0. The number of nitrogens with one attached hydrogen (secondary N) is 1. The van der Waals surface area contributed by atoms with Crippen molar-refractivity contribution in [2.75, 3.05) is 20.3 Å². The first-order valence-electron chi connectivity index (χ1n) is 8.93. The number of rotatable bonds is 7. The molecule has 1 atom stereocenters. The number of carbonyl (C=O) groups is 3. The van der Waals surface area contributed by atoms with Crippen LogP contribution in [0.25, 0.3) is 0 Å². The van der Waals surface area contributed by atoms with Crippen LogP contribution in [0.2, 0.25) is 0 Å². The van der Waals surface area contributed by atoms with Crippen LogP contribution in [0.5, 0.6) is 11.5 Å². The fraction of sp³-hybridized carbons (Fsp3) is 0.286. The van der Waals surface area contributed by atoms with Gasteiger partial charge in [0.2, 0.25) is 0 Å². The van der Waals surface area contributed by atoms with Crippen molar-refractivity contribution in [2.45, 2.75) is 19.4 Å². The summed E-state index contributed by atoms with van der Waals surface area (Å²) in [5.41, 5.74) is -0.215. The Morgan fingerprint density at radius 1 is 1.04 bits per heavy atom. The van der Waals surface area contributed by atoms with E-state index in [1.165, 1.54) is 0 Å². The van der Waals surface area contributed by atoms with E-state index in [0.29, 0.717) is 29.2 Å². The monoisotopic (exact) mass is 382 g/mol. The van der Waals surface area contributed by atoms with E-state index in [1.807, 2.05) is 6.92 Å². The van der Waals surface area contributed by atoms with Gasteiger partial charge in [0.25, 0.3) is 5.91 Å². The highest BCUT2D eigenvalue weighted by atomic mass is 16.5. The van der Waals surface area contributed by atoms with Gasteiger partial charge in [-0.1, -0.05) is 12.1 Å². The Morgan fingerprint density at radius 3 is 2.21 bits per heavy atom. The first-order chi connectivity index (χ1) is 13.4. The fourth-order valence-electron chi connectivity index (χ4n) is 3.10. The summed E-state index contributed by atoms with van der Waals surface area (Å²) in [6.07, 6.45) is 0. The van der Waals surface area contributed by atoms with Gasteiger partial charge in [-0.25, -0.2) is 4.79 Å². The smallest absolute Gasteiger partial charge is 0.325 e. The number of amides is 3. The third-order valence-electron chi connectivity index (χ3n) is 4.73. The maximum atomic E-state index is 12.9. The molecule has 0 radical (unpaired) electrons. The van der Waals surface area contributed by atoms with E-state index in [9.17, 15) is 14.4 Å². The standard InChI is InChI=1S/C21H22N2O5/c1-4-28-17-9-5-14(6-10-17)18(24)13-23-19(25)21(2,22-20(23)26)15-7-11-16(27-3)12-8-15/h5-12H,4,13H2,1-3H3,(H,22,26)/t21-/m0/s1. The Labute approximate surface area is 163 Å². The summed E-state index contributed by atoms with van der Waals surface area (Å²) >= 11 is 0. The maximum absolute atomic E-state index is 12.9. The zero-order valence-corrected chi connectivity index (χ0v) is 16.0. The lowest BCUT2D eigenvalue weighted by Crippen LogP contribution is -2.41. The molecule has 3 rings (SSSR count). The van der Waals surface area contributed by atoms with E-state index in [1.54, 1.807) is 62.6 Å². The summed E-state index contributed by atoms with van der Waals surface area (Å²) in [6, 6.07) is 12.9. The van der Waals surface area contributed by atoms with Crippen LogP contribution in [0.1, 0.15) is 29.8 Å². The third-order valence-corrected chi connectivity index (χ3v) is 4.73. The van der Waals surface area contributed by atoms with Gasteiger partial charge in [-0.2, -0.15) is 0 Å². The second kappa shape index (κ2) is 7.72. The lowest BCUT2D eigenvalue weighted by atomic mass is 9.92. The quantitative estimate of drug-likeness (QED) is 0.588. The molecule has 0 aliphatic carbocycles. The van der Waals surface area contributed by atoms with E-state index < -0.39 is 17.5 Å². The predicted octanol–water partition coefficient (Wildman–Crippen LogP) is 2.74. The van der Waals surface area contributed by atoms with E-state index in [-0.39, 0.29) is 12.3 Å². The molecule has 1 fully saturated rings. The molecule has 0 saturated carbocycles. The summed E-state index contributed by atoms with van der Waals surface area (Å²) < 4.78 is 10.5. The summed E-state index contributed by atoms with van der Waals surface area (Å²) in [5.74, 6) is 0.500. The first kappa shape index (κ1) is 19.4. The number of ketones is 1. The number of nitrogens with zero attached hydrogens (tertiary/aromatic N) is 1. The number of ether oxygens (including phenoxy) is 2. The Kier molecular flexibility index (Phi) is 5.35. The third kappa shape index (κ3) is 3.55. The van der Waals surface area contributed by atoms with Crippen molar-refractivity contribution in [3.63, 3.8) is 0 Å². The summed E-state index contributed by atoms with van der Waals surface area (Å²) in [4.78, 5) is 38.8. The van der Waals surface area contributed by atoms with Crippen molar-refractivity contribution in [1.82, 2.24) is 10.2 Å². The molecule has 0 unspecified atom stereocenters. The maximum Gasteiger partial charge on any atom is 0.325 e. The lowest BCUT2D eigenvalue weighted by Gasteiger charge is -2.22. The largest absolute Gasteiger partial charge is 0.497 e. The number of urea groups is 1. The Morgan fingerprint density at radius 2 is 1.64 bits per heavy atom. The number of hydrogen-bond donors (Lipinski definition) is 1. The average Bonchev–Trinajstić information content (AvgIpc) is 2.93. The van der Waals surface area contributed by atoms with Gasteiger partial charge in [-0.05, 0) is 55.8 Å². The van der Waals surface area contributed by atoms with Crippen LogP contribution in [0.15, 0.2) is 48.5 Å². The molecule has 1 aliphatic heterocycles. The zero-order chi connectivity index (χ0) is 20.3. The molecule has 7 heteroatoms. The van der Waals surface area contributed by atoms with Gasteiger partial charge >= 0.3 is 6.03 Å². The van der Waals surface area contributed by atoms with Crippen molar-refractivity contribution in [1.29, 1.82) is 0 Å². The molecule has 2 aromatic rings. The van der Waals surface area contributed by atoms with Crippen LogP contribution in [-0.4, -0.2) is 42.9 Å². The number of hydrogen-bond acceptors (Lipinski definition) is 5. The lowest BCUT2D eigenvalue weighted by molar-refractivity contribution is -0.130. The average molecular weight is 382 g/mol. The van der Waals surface area contributed by atoms with Gasteiger partial charge < -0.3 is 14.8 Å². The molecule has 2 aromatic carbocycles. The Balaban J connectivity index is 1.76. The van der Waals surface area contributed by atoms with Crippen molar-refractivity contribution < 1.29 is 23.9 Å². The molecule has 1 heterocycles. The summed E-state index contributed by atoms with van der Waals surface area (Å²) in [5, 5.41) is 2.69. The van der Waals surface area contributed by atoms with Crippen LogP contribution in [0.3, 0.4) is 0 Å². The highest BCUT2D eigenvalue weighted by Gasteiger charge is 2.49. The van der Waals surface area contributed by atoms with Crippen molar-refractivity contribution >= 4 is 17.7 Å². The second-order valence-electron chi connectivity index (χ2n) is 6.56. The minimum absolute atomic E-state index is 0.328. The van der Waals surface area contributed by atoms with Gasteiger partial charge in [0.05, 0.1) is 20.3 Å². The second-order valence-corrected chi connectivity index (χ2v) is 6.56. The van der Waals surface area contributed by atoms with E-state index >= 15 is 0 Å². The number of benzene rings is 2. The molecule has 0 bridgehead atoms.